The SMILES string of the molecule is CC.CCCC.CCCCNC(=O)OC(C)(C)C.CCCCc1ccc(-c2ccc(CC(=O)NCCC(=O)NCC(=O)N(C)C3C(=O)NCC(=O)NC(C(=O)OC)Cc4ccc(OC)c(c4)-c4cc3ccc4OC)cc2)cc1. The van der Waals surface area contributed by atoms with Gasteiger partial charge in [-0.3, -0.25) is 24.0 Å². The van der Waals surface area contributed by atoms with Crippen LogP contribution in [-0.4, -0.2) is 113 Å². The number of unbranched alkanes of at least 4 members (excludes halogenated alkanes) is 3. The normalized spacial score (nSPS) is 13.7. The third-order valence-electron chi connectivity index (χ3n) is 12.0. The Morgan fingerprint density at radius 1 is 0.679 bits per heavy atom. The summed E-state index contributed by atoms with van der Waals surface area (Å²) in [5.74, 6) is -2.42. The van der Waals surface area contributed by atoms with Crippen molar-refractivity contribution in [1.29, 1.82) is 0 Å². The molecular weight excluding hydrogens is 993 g/mol. The number of aryl methyl sites for hydroxylation is 1. The number of carbonyl (C=O) groups excluding carboxylic acids is 7. The molecule has 4 bridgehead atoms. The first-order valence-corrected chi connectivity index (χ1v) is 27.3. The van der Waals surface area contributed by atoms with Gasteiger partial charge in [-0.05, 0) is 97.7 Å². The molecule has 5 N–H and O–H groups in total. The first kappa shape index (κ1) is 66.7. The number of hydrogen-bond acceptors (Lipinski definition) is 11. The summed E-state index contributed by atoms with van der Waals surface area (Å²) in [5.41, 5.74) is 6.10. The van der Waals surface area contributed by atoms with Crippen molar-refractivity contribution in [3.63, 3.8) is 0 Å². The molecule has 0 spiro atoms. The van der Waals surface area contributed by atoms with Crippen LogP contribution in [0.1, 0.15) is 136 Å². The molecule has 0 fully saturated rings. The first-order valence-electron chi connectivity index (χ1n) is 27.3. The Labute approximate surface area is 463 Å². The molecule has 78 heavy (non-hydrogen) atoms. The number of carbonyl (C=O) groups is 7. The average molecular weight is 1080 g/mol. The summed E-state index contributed by atoms with van der Waals surface area (Å²) in [7, 11) is 5.63. The van der Waals surface area contributed by atoms with Crippen molar-refractivity contribution < 1.29 is 52.5 Å². The quantitative estimate of drug-likeness (QED) is 0.0440. The van der Waals surface area contributed by atoms with Crippen LogP contribution in [0.25, 0.3) is 22.3 Å². The zero-order valence-electron chi connectivity index (χ0n) is 48.6. The van der Waals surface area contributed by atoms with Crippen molar-refractivity contribution in [2.24, 2.45) is 0 Å². The van der Waals surface area contributed by atoms with Gasteiger partial charge in [-0.2, -0.15) is 0 Å². The number of fused-ring (bicyclic) bond motifs is 5. The highest BCUT2D eigenvalue weighted by molar-refractivity contribution is 5.94. The van der Waals surface area contributed by atoms with Gasteiger partial charge in [0, 0.05) is 44.1 Å². The van der Waals surface area contributed by atoms with Gasteiger partial charge in [-0.25, -0.2) is 9.59 Å². The lowest BCUT2D eigenvalue weighted by Crippen LogP contribution is -2.50. The second kappa shape index (κ2) is 35.8. The Bertz CT molecular complexity index is 2510. The van der Waals surface area contributed by atoms with Gasteiger partial charge >= 0.3 is 12.1 Å². The van der Waals surface area contributed by atoms with Gasteiger partial charge < -0.3 is 50.4 Å². The zero-order chi connectivity index (χ0) is 58.2. The van der Waals surface area contributed by atoms with Crippen molar-refractivity contribution in [2.45, 2.75) is 144 Å². The molecule has 5 rings (SSSR count). The van der Waals surface area contributed by atoms with Crippen LogP contribution in [0.2, 0.25) is 0 Å². The van der Waals surface area contributed by atoms with E-state index < -0.39 is 60.4 Å². The molecule has 428 valence electrons. The van der Waals surface area contributed by atoms with E-state index in [1.165, 1.54) is 51.7 Å². The van der Waals surface area contributed by atoms with Crippen molar-refractivity contribution in [3.8, 4) is 33.8 Å². The molecule has 0 aromatic heterocycles. The number of alkyl carbamates (subject to hydrolysis) is 1. The number of likely N-dealkylation sites (N-methyl/N-ethyl adjacent to an activating group) is 1. The van der Waals surface area contributed by atoms with Gasteiger partial charge in [-0.15, -0.1) is 0 Å². The van der Waals surface area contributed by atoms with Gasteiger partial charge in [0.1, 0.15) is 29.2 Å². The largest absolute Gasteiger partial charge is 0.496 e. The fraction of sp³-hybridized carbons (Fsp3) is 0.492. The molecule has 1 aliphatic heterocycles. The number of ether oxygens (including phenoxy) is 4. The lowest BCUT2D eigenvalue weighted by Gasteiger charge is -2.29. The minimum atomic E-state index is -1.26. The number of hydrogen-bond donors (Lipinski definition) is 5. The highest BCUT2D eigenvalue weighted by atomic mass is 16.6. The van der Waals surface area contributed by atoms with E-state index in [2.05, 4.69) is 78.5 Å². The number of methoxy groups -OCH3 is 3. The Kier molecular flexibility index (Phi) is 30.6. The Morgan fingerprint density at radius 3 is 1.81 bits per heavy atom. The van der Waals surface area contributed by atoms with Crippen LogP contribution in [0.15, 0.2) is 84.9 Å². The van der Waals surface area contributed by atoms with E-state index in [1.807, 2.05) is 58.9 Å². The van der Waals surface area contributed by atoms with Crippen LogP contribution in [0.3, 0.4) is 0 Å². The Hall–Kier alpha value is -7.43. The maximum absolute atomic E-state index is 13.8. The number of benzene rings is 4. The van der Waals surface area contributed by atoms with Crippen LogP contribution < -0.4 is 36.1 Å². The minimum Gasteiger partial charge on any atom is -0.496 e. The monoisotopic (exact) mass is 1080 g/mol. The topological polar surface area (TPSA) is 220 Å². The van der Waals surface area contributed by atoms with Crippen LogP contribution in [0.4, 0.5) is 4.79 Å². The summed E-state index contributed by atoms with van der Waals surface area (Å²) in [5, 5.41) is 13.2. The van der Waals surface area contributed by atoms with Gasteiger partial charge in [0.2, 0.25) is 29.5 Å². The molecule has 0 saturated carbocycles. The van der Waals surface area contributed by atoms with E-state index in [0.29, 0.717) is 40.3 Å². The molecule has 0 aliphatic carbocycles. The molecule has 17 heteroatoms. The molecule has 1 aliphatic rings. The van der Waals surface area contributed by atoms with E-state index in [4.69, 9.17) is 18.9 Å². The van der Waals surface area contributed by atoms with E-state index >= 15 is 0 Å². The second-order valence-electron chi connectivity index (χ2n) is 19.3. The predicted octanol–water partition coefficient (Wildman–Crippen LogP) is 9.22. The molecule has 17 nitrogen and oxygen atoms in total. The molecule has 4 aromatic carbocycles. The predicted molar refractivity (Wildman–Crippen MR) is 307 cm³/mol. The van der Waals surface area contributed by atoms with Gasteiger partial charge in [0.15, 0.2) is 0 Å². The summed E-state index contributed by atoms with van der Waals surface area (Å²) >= 11 is 0. The number of amides is 6. The standard InChI is InChI=1S/C46H53N5O9.C9H19NO2.C4H10.C2H6/c1-6-7-8-29-9-14-32(15-10-29)33-16-11-30(12-17-33)25-41(53)47-22-21-40(52)48-28-43(55)51(2)44-34-18-20-39(59-4)36(26-34)35-23-31(13-19-38(35)58-3)24-37(46(57)60-5)50-42(54)27-49-45(44)56;1-5-6-7-10-8(11)12-9(2,3)4;1-3-4-2;1-2/h9-20,23,26,37,44H,6-8,21-22,24-25,27-28H2,1-5H3,(H,47,53)(H,48,52)(H,49,56)(H,50,54);5-7H2,1-4H3,(H,10,11);3-4H2,1-2H3;1-2H3. The van der Waals surface area contributed by atoms with Crippen LogP contribution in [-0.2, 0) is 57.5 Å². The molecule has 6 amide bonds. The van der Waals surface area contributed by atoms with Gasteiger partial charge in [0.05, 0.1) is 40.8 Å². The molecule has 4 aromatic rings. The molecule has 0 radical (unpaired) electrons. The third kappa shape index (κ3) is 23.4. The first-order chi connectivity index (χ1) is 37.3. The lowest BCUT2D eigenvalue weighted by atomic mass is 9.94. The molecule has 2 unspecified atom stereocenters. The van der Waals surface area contributed by atoms with E-state index in [9.17, 15) is 33.6 Å². The summed E-state index contributed by atoms with van der Waals surface area (Å²) in [6.45, 7) is 18.0. The summed E-state index contributed by atoms with van der Waals surface area (Å²) in [4.78, 5) is 90.7. The van der Waals surface area contributed by atoms with Crippen molar-refractivity contribution in [1.82, 2.24) is 31.5 Å². The van der Waals surface area contributed by atoms with Crippen LogP contribution >= 0.6 is 0 Å². The number of esters is 1. The Balaban J connectivity index is 0.000000994. The average Bonchev–Trinajstić information content (AvgIpc) is 3.43. The van der Waals surface area contributed by atoms with E-state index in [-0.39, 0.29) is 37.8 Å². The van der Waals surface area contributed by atoms with Crippen molar-refractivity contribution in [3.05, 3.63) is 107 Å². The maximum Gasteiger partial charge on any atom is 0.407 e. The summed E-state index contributed by atoms with van der Waals surface area (Å²) < 4.78 is 21.3. The third-order valence-corrected chi connectivity index (χ3v) is 12.0. The lowest BCUT2D eigenvalue weighted by molar-refractivity contribution is -0.145. The second-order valence-corrected chi connectivity index (χ2v) is 19.3. The van der Waals surface area contributed by atoms with Gasteiger partial charge in [-0.1, -0.05) is 128 Å². The minimum absolute atomic E-state index is 0.0559. The molecular formula is C61H88N6O11. The Morgan fingerprint density at radius 2 is 1.26 bits per heavy atom. The maximum atomic E-state index is 13.8. The van der Waals surface area contributed by atoms with Crippen LogP contribution in [0, 0.1) is 0 Å². The number of nitrogens with one attached hydrogen (secondary N) is 5. The van der Waals surface area contributed by atoms with Crippen LogP contribution in [0.5, 0.6) is 11.5 Å². The molecule has 2 atom stereocenters. The molecule has 0 saturated heterocycles. The van der Waals surface area contributed by atoms with Crippen molar-refractivity contribution >= 4 is 41.6 Å². The smallest absolute Gasteiger partial charge is 0.407 e. The molecule has 1 heterocycles. The fourth-order valence-corrected chi connectivity index (χ4v) is 7.67. The number of nitrogens with zero attached hydrogens (tertiary/aromatic N) is 1. The summed E-state index contributed by atoms with van der Waals surface area (Å²) in [6, 6.07) is 24.3. The van der Waals surface area contributed by atoms with E-state index in [1.54, 1.807) is 36.4 Å². The summed E-state index contributed by atoms with van der Waals surface area (Å²) in [6.07, 6.45) is 7.93. The van der Waals surface area contributed by atoms with Crippen molar-refractivity contribution in [2.75, 3.05) is 54.6 Å². The zero-order valence-corrected chi connectivity index (χ0v) is 48.6. The van der Waals surface area contributed by atoms with E-state index in [0.717, 1.165) is 48.8 Å². The highest BCUT2D eigenvalue weighted by Gasteiger charge is 2.32. The van der Waals surface area contributed by atoms with Gasteiger partial charge in [0.25, 0.3) is 0 Å². The highest BCUT2D eigenvalue weighted by Crippen LogP contribution is 2.39. The number of rotatable bonds is 19. The fourth-order valence-electron chi connectivity index (χ4n) is 7.67.